The second kappa shape index (κ2) is 5.97. The van der Waals surface area contributed by atoms with Gasteiger partial charge in [-0.2, -0.15) is 0 Å². The zero-order chi connectivity index (χ0) is 12.1. The van der Waals surface area contributed by atoms with Crippen molar-refractivity contribution in [3.8, 4) is 0 Å². The fraction of sp³-hybridized carbons (Fsp3) is 0.636. The number of nitrogens with zero attached hydrogens (tertiary/aromatic N) is 2. The van der Waals surface area contributed by atoms with E-state index in [2.05, 4.69) is 17.2 Å². The van der Waals surface area contributed by atoms with Crippen molar-refractivity contribution in [1.29, 1.82) is 0 Å². The molecule has 1 fully saturated rings. The summed E-state index contributed by atoms with van der Waals surface area (Å²) < 4.78 is 5.09. The highest BCUT2D eigenvalue weighted by Crippen LogP contribution is 2.20. The minimum Gasteiger partial charge on any atom is -0.370 e. The molecule has 0 aromatic carbocycles. The number of ether oxygens (including phenoxy) is 1. The number of hydrogen-bond acceptors (Lipinski definition) is 5. The van der Waals surface area contributed by atoms with Gasteiger partial charge in [-0.05, 0) is 6.42 Å². The van der Waals surface area contributed by atoms with Crippen LogP contribution in [0.2, 0.25) is 0 Å². The summed E-state index contributed by atoms with van der Waals surface area (Å²) in [5.74, 6) is 0.0627. The molecule has 0 radical (unpaired) electrons. The molecule has 1 N–H and O–H groups in total. The Balaban J connectivity index is 1.89. The molecule has 1 saturated heterocycles. The van der Waals surface area contributed by atoms with E-state index in [0.717, 1.165) is 23.0 Å². The van der Waals surface area contributed by atoms with E-state index in [1.807, 2.05) is 11.1 Å². The number of aromatic nitrogens is 1. The summed E-state index contributed by atoms with van der Waals surface area (Å²) in [5, 5.41) is 4.18. The molecule has 1 aliphatic rings. The van der Waals surface area contributed by atoms with Crippen LogP contribution in [0.15, 0.2) is 6.20 Å². The Morgan fingerprint density at radius 1 is 1.65 bits per heavy atom. The van der Waals surface area contributed by atoms with Gasteiger partial charge in [-0.1, -0.05) is 6.92 Å². The van der Waals surface area contributed by atoms with Crippen molar-refractivity contribution in [3.05, 3.63) is 11.1 Å². The van der Waals surface area contributed by atoms with Crippen LogP contribution in [-0.4, -0.2) is 42.1 Å². The third-order valence-corrected chi connectivity index (χ3v) is 3.45. The van der Waals surface area contributed by atoms with E-state index < -0.39 is 0 Å². The van der Waals surface area contributed by atoms with Crippen LogP contribution in [0.5, 0.6) is 0 Å². The van der Waals surface area contributed by atoms with Crippen LogP contribution < -0.4 is 5.32 Å². The number of amides is 1. The zero-order valence-electron chi connectivity index (χ0n) is 9.94. The van der Waals surface area contributed by atoms with Gasteiger partial charge >= 0.3 is 0 Å². The van der Waals surface area contributed by atoms with E-state index in [1.54, 1.807) is 11.3 Å². The lowest BCUT2D eigenvalue weighted by atomic mass is 10.4. The van der Waals surface area contributed by atoms with Crippen LogP contribution >= 0.6 is 11.3 Å². The molecule has 6 heteroatoms. The van der Waals surface area contributed by atoms with Gasteiger partial charge in [0.25, 0.3) is 0 Å². The zero-order valence-corrected chi connectivity index (χ0v) is 10.8. The second-order valence-corrected chi connectivity index (χ2v) is 5.04. The predicted octanol–water partition coefficient (Wildman–Crippen LogP) is 1.32. The van der Waals surface area contributed by atoms with E-state index in [1.165, 1.54) is 0 Å². The Morgan fingerprint density at radius 3 is 3.29 bits per heavy atom. The average Bonchev–Trinajstić information content (AvgIpc) is 2.77. The van der Waals surface area contributed by atoms with E-state index in [-0.39, 0.29) is 12.5 Å². The van der Waals surface area contributed by atoms with Crippen molar-refractivity contribution in [2.24, 2.45) is 0 Å². The lowest BCUT2D eigenvalue weighted by Gasteiger charge is -2.25. The molecule has 2 heterocycles. The van der Waals surface area contributed by atoms with Crippen molar-refractivity contribution in [3.63, 3.8) is 0 Å². The third-order valence-electron chi connectivity index (χ3n) is 2.51. The van der Waals surface area contributed by atoms with E-state index in [9.17, 15) is 4.79 Å². The maximum atomic E-state index is 11.5. The van der Waals surface area contributed by atoms with Crippen LogP contribution in [0, 0.1) is 0 Å². The first kappa shape index (κ1) is 12.3. The number of nitrogens with one attached hydrogen (secondary N) is 1. The molecule has 0 aliphatic carbocycles. The lowest BCUT2D eigenvalue weighted by Crippen LogP contribution is -2.40. The van der Waals surface area contributed by atoms with E-state index in [4.69, 9.17) is 4.74 Å². The Morgan fingerprint density at radius 2 is 2.53 bits per heavy atom. The highest BCUT2D eigenvalue weighted by atomic mass is 32.1. The summed E-state index contributed by atoms with van der Waals surface area (Å²) in [7, 11) is 0. The van der Waals surface area contributed by atoms with Crippen LogP contribution in [0.1, 0.15) is 18.2 Å². The van der Waals surface area contributed by atoms with Gasteiger partial charge in [0.05, 0.1) is 13.2 Å². The molecule has 1 amide bonds. The summed E-state index contributed by atoms with van der Waals surface area (Å²) in [6.45, 7) is 5.21. The molecule has 1 aromatic heterocycles. The van der Waals surface area contributed by atoms with Gasteiger partial charge in [0, 0.05) is 24.2 Å². The largest absolute Gasteiger partial charge is 0.370 e. The Labute approximate surface area is 105 Å². The van der Waals surface area contributed by atoms with Crippen LogP contribution in [0.25, 0.3) is 0 Å². The smallest absolute Gasteiger partial charge is 0.248 e. The standard InChI is InChI=1S/C11H17N3O2S/c1-2-3-12-11-13-6-9(17-11)7-14-4-5-16-8-10(14)15/h6H,2-5,7-8H2,1H3,(H,12,13). The van der Waals surface area contributed by atoms with Crippen LogP contribution in [-0.2, 0) is 16.1 Å². The molecule has 0 atom stereocenters. The molecular weight excluding hydrogens is 238 g/mol. The third kappa shape index (κ3) is 3.41. The van der Waals surface area contributed by atoms with Crippen molar-refractivity contribution >= 4 is 22.4 Å². The predicted molar refractivity (Wildman–Crippen MR) is 67.1 cm³/mol. The number of carbonyl (C=O) groups excluding carboxylic acids is 1. The van der Waals surface area contributed by atoms with Gasteiger partial charge < -0.3 is 15.0 Å². The van der Waals surface area contributed by atoms with Crippen molar-refractivity contribution in [2.75, 3.05) is 31.6 Å². The summed E-state index contributed by atoms with van der Waals surface area (Å²) in [5.41, 5.74) is 0. The number of anilines is 1. The van der Waals surface area contributed by atoms with E-state index in [0.29, 0.717) is 19.7 Å². The molecule has 0 bridgehead atoms. The number of hydrogen-bond donors (Lipinski definition) is 1. The van der Waals surface area contributed by atoms with Gasteiger partial charge in [-0.3, -0.25) is 4.79 Å². The Hall–Kier alpha value is -1.14. The summed E-state index contributed by atoms with van der Waals surface area (Å²) in [6, 6.07) is 0. The average molecular weight is 255 g/mol. The Kier molecular flexibility index (Phi) is 4.33. The van der Waals surface area contributed by atoms with Crippen molar-refractivity contribution in [2.45, 2.75) is 19.9 Å². The highest BCUT2D eigenvalue weighted by Gasteiger charge is 2.19. The molecule has 0 spiro atoms. The molecule has 2 rings (SSSR count). The normalized spacial score (nSPS) is 16.3. The molecule has 1 aromatic rings. The number of carbonyl (C=O) groups is 1. The molecule has 94 valence electrons. The van der Waals surface area contributed by atoms with Crippen LogP contribution in [0.4, 0.5) is 5.13 Å². The number of morpholine rings is 1. The SMILES string of the molecule is CCCNc1ncc(CN2CCOCC2=O)s1. The summed E-state index contributed by atoms with van der Waals surface area (Å²) in [6.07, 6.45) is 2.92. The molecule has 5 nitrogen and oxygen atoms in total. The second-order valence-electron chi connectivity index (χ2n) is 3.93. The highest BCUT2D eigenvalue weighted by molar-refractivity contribution is 7.15. The number of thiazole rings is 1. The minimum absolute atomic E-state index is 0.0627. The monoisotopic (exact) mass is 255 g/mol. The first-order valence-electron chi connectivity index (χ1n) is 5.83. The molecule has 17 heavy (non-hydrogen) atoms. The van der Waals surface area contributed by atoms with Gasteiger partial charge in [-0.15, -0.1) is 11.3 Å². The Bertz CT molecular complexity index is 381. The van der Waals surface area contributed by atoms with Gasteiger partial charge in [0.15, 0.2) is 5.13 Å². The summed E-state index contributed by atoms with van der Waals surface area (Å²) >= 11 is 1.61. The molecule has 1 aliphatic heterocycles. The first-order chi connectivity index (χ1) is 8.29. The maximum absolute atomic E-state index is 11.5. The van der Waals surface area contributed by atoms with Crippen molar-refractivity contribution < 1.29 is 9.53 Å². The molecular formula is C11H17N3O2S. The fourth-order valence-electron chi connectivity index (χ4n) is 1.60. The minimum atomic E-state index is 0.0627. The number of rotatable bonds is 5. The molecule has 0 unspecified atom stereocenters. The maximum Gasteiger partial charge on any atom is 0.248 e. The fourth-order valence-corrected chi connectivity index (χ4v) is 2.45. The first-order valence-corrected chi connectivity index (χ1v) is 6.65. The van der Waals surface area contributed by atoms with E-state index >= 15 is 0 Å². The summed E-state index contributed by atoms with van der Waals surface area (Å²) in [4.78, 5) is 18.8. The van der Waals surface area contributed by atoms with Crippen molar-refractivity contribution in [1.82, 2.24) is 9.88 Å². The van der Waals surface area contributed by atoms with Crippen LogP contribution in [0.3, 0.4) is 0 Å². The van der Waals surface area contributed by atoms with Gasteiger partial charge in [0.1, 0.15) is 6.61 Å². The van der Waals surface area contributed by atoms with Gasteiger partial charge in [-0.25, -0.2) is 4.98 Å². The topological polar surface area (TPSA) is 54.5 Å². The quantitative estimate of drug-likeness (QED) is 0.862. The lowest BCUT2D eigenvalue weighted by molar-refractivity contribution is -0.143. The molecule has 0 saturated carbocycles. The van der Waals surface area contributed by atoms with Gasteiger partial charge in [0.2, 0.25) is 5.91 Å².